The summed E-state index contributed by atoms with van der Waals surface area (Å²) in [4.78, 5) is 21.3. The number of hydrogen-bond donors (Lipinski definition) is 1. The number of anilines is 4. The zero-order valence-electron chi connectivity index (χ0n) is 16.2. The van der Waals surface area contributed by atoms with Gasteiger partial charge in [-0.05, 0) is 60.9 Å². The fourth-order valence-electron chi connectivity index (χ4n) is 3.52. The predicted octanol–water partition coefficient (Wildman–Crippen LogP) is 4.48. The van der Waals surface area contributed by atoms with E-state index in [-0.39, 0.29) is 5.91 Å². The molecule has 0 bridgehead atoms. The highest BCUT2D eigenvalue weighted by atomic mass is 16.2. The highest BCUT2D eigenvalue weighted by Gasteiger charge is 2.24. The van der Waals surface area contributed by atoms with Crippen LogP contribution in [0, 0.1) is 0 Å². The van der Waals surface area contributed by atoms with Crippen molar-refractivity contribution >= 4 is 28.7 Å². The lowest BCUT2D eigenvalue weighted by Gasteiger charge is -2.29. The van der Waals surface area contributed by atoms with Gasteiger partial charge in [0, 0.05) is 49.6 Å². The van der Waals surface area contributed by atoms with Crippen LogP contribution in [0.15, 0.2) is 66.9 Å². The van der Waals surface area contributed by atoms with Gasteiger partial charge in [-0.2, -0.15) is 0 Å². The lowest BCUT2D eigenvalue weighted by molar-refractivity contribution is 0.0980. The van der Waals surface area contributed by atoms with Crippen molar-refractivity contribution in [1.82, 2.24) is 4.98 Å². The Morgan fingerprint density at radius 3 is 2.61 bits per heavy atom. The van der Waals surface area contributed by atoms with Gasteiger partial charge in [-0.3, -0.25) is 9.78 Å². The molecule has 0 saturated heterocycles. The summed E-state index contributed by atoms with van der Waals surface area (Å²) in [5.74, 6) is -0.0567. The number of aryl methyl sites for hydroxylation is 1. The molecule has 0 saturated carbocycles. The molecule has 0 radical (unpaired) electrons. The van der Waals surface area contributed by atoms with E-state index < -0.39 is 0 Å². The van der Waals surface area contributed by atoms with Gasteiger partial charge in [-0.15, -0.1) is 0 Å². The minimum atomic E-state index is -0.0567. The van der Waals surface area contributed by atoms with Crippen molar-refractivity contribution in [2.24, 2.45) is 0 Å². The molecule has 2 heterocycles. The molecule has 0 spiro atoms. The number of pyridine rings is 1. The first-order chi connectivity index (χ1) is 13.6. The Balaban J connectivity index is 1.55. The van der Waals surface area contributed by atoms with E-state index in [4.69, 9.17) is 0 Å². The molecule has 1 N–H and O–H groups in total. The van der Waals surface area contributed by atoms with Gasteiger partial charge >= 0.3 is 0 Å². The number of hydrogen-bond acceptors (Lipinski definition) is 4. The van der Waals surface area contributed by atoms with E-state index in [2.05, 4.69) is 33.4 Å². The number of nitrogens with zero attached hydrogens (tertiary/aromatic N) is 3. The van der Waals surface area contributed by atoms with Crippen molar-refractivity contribution in [1.29, 1.82) is 0 Å². The molecule has 4 rings (SSSR count). The first-order valence-corrected chi connectivity index (χ1v) is 9.52. The molecule has 142 valence electrons. The summed E-state index contributed by atoms with van der Waals surface area (Å²) in [6, 6.07) is 20.0. The van der Waals surface area contributed by atoms with E-state index >= 15 is 0 Å². The average molecular weight is 372 g/mol. The van der Waals surface area contributed by atoms with Crippen LogP contribution in [-0.2, 0) is 6.42 Å². The number of benzene rings is 2. The summed E-state index contributed by atoms with van der Waals surface area (Å²) in [5, 5.41) is 3.36. The zero-order chi connectivity index (χ0) is 19.5. The second-order valence-corrected chi connectivity index (χ2v) is 7.19. The van der Waals surface area contributed by atoms with Crippen molar-refractivity contribution in [3.05, 3.63) is 78.1 Å². The Bertz CT molecular complexity index is 982. The van der Waals surface area contributed by atoms with Crippen LogP contribution in [-0.4, -0.2) is 31.5 Å². The summed E-state index contributed by atoms with van der Waals surface area (Å²) in [6.45, 7) is 0.723. The maximum absolute atomic E-state index is 13.1. The fraction of sp³-hybridized carbons (Fsp3) is 0.217. The molecule has 0 aliphatic carbocycles. The monoisotopic (exact) mass is 372 g/mol. The molecule has 1 aliphatic heterocycles. The van der Waals surface area contributed by atoms with Gasteiger partial charge in [0.05, 0.1) is 0 Å². The Kier molecular flexibility index (Phi) is 4.98. The molecule has 0 atom stereocenters. The van der Waals surface area contributed by atoms with Gasteiger partial charge < -0.3 is 15.1 Å². The lowest BCUT2D eigenvalue weighted by atomic mass is 10.0. The minimum Gasteiger partial charge on any atom is -0.378 e. The quantitative estimate of drug-likeness (QED) is 0.733. The normalized spacial score (nSPS) is 13.0. The SMILES string of the molecule is CN(C)c1ccc(Nc2ccnc(C(=O)N3CCCc4ccccc43)c2)cc1. The van der Waals surface area contributed by atoms with E-state index in [1.807, 2.05) is 61.5 Å². The molecule has 2 aromatic carbocycles. The van der Waals surface area contributed by atoms with Gasteiger partial charge in [-0.1, -0.05) is 18.2 Å². The number of carbonyl (C=O) groups is 1. The highest BCUT2D eigenvalue weighted by molar-refractivity contribution is 6.06. The number of nitrogens with one attached hydrogen (secondary N) is 1. The number of rotatable bonds is 4. The van der Waals surface area contributed by atoms with Crippen LogP contribution >= 0.6 is 0 Å². The van der Waals surface area contributed by atoms with Crippen molar-refractivity contribution in [2.45, 2.75) is 12.8 Å². The fourth-order valence-corrected chi connectivity index (χ4v) is 3.52. The molecule has 3 aromatic rings. The Morgan fingerprint density at radius 1 is 1.04 bits per heavy atom. The van der Waals surface area contributed by atoms with Crippen LogP contribution in [0.2, 0.25) is 0 Å². The molecule has 1 amide bonds. The smallest absolute Gasteiger partial charge is 0.276 e. The Hall–Kier alpha value is -3.34. The van der Waals surface area contributed by atoms with Crippen LogP contribution in [0.3, 0.4) is 0 Å². The first kappa shape index (κ1) is 18.0. The Labute approximate surface area is 165 Å². The predicted molar refractivity (Wildman–Crippen MR) is 115 cm³/mol. The third-order valence-electron chi connectivity index (χ3n) is 5.01. The molecular formula is C23H24N4O. The van der Waals surface area contributed by atoms with Crippen LogP contribution in [0.4, 0.5) is 22.7 Å². The summed E-state index contributed by atoms with van der Waals surface area (Å²) in [5.41, 5.74) is 5.63. The summed E-state index contributed by atoms with van der Waals surface area (Å²) >= 11 is 0. The largest absolute Gasteiger partial charge is 0.378 e. The summed E-state index contributed by atoms with van der Waals surface area (Å²) < 4.78 is 0. The molecule has 1 aromatic heterocycles. The molecule has 1 aliphatic rings. The van der Waals surface area contributed by atoms with Crippen molar-refractivity contribution < 1.29 is 4.79 Å². The van der Waals surface area contributed by atoms with Crippen LogP contribution in [0.5, 0.6) is 0 Å². The number of amides is 1. The maximum atomic E-state index is 13.1. The van der Waals surface area contributed by atoms with Gasteiger partial charge in [0.1, 0.15) is 5.69 Å². The number of aromatic nitrogens is 1. The highest BCUT2D eigenvalue weighted by Crippen LogP contribution is 2.28. The second-order valence-electron chi connectivity index (χ2n) is 7.19. The van der Waals surface area contributed by atoms with Gasteiger partial charge in [0.2, 0.25) is 0 Å². The standard InChI is InChI=1S/C23H24N4O/c1-26(2)20-11-9-18(10-12-20)25-19-13-14-24-21(16-19)23(28)27-15-5-7-17-6-3-4-8-22(17)27/h3-4,6,8-14,16H,5,7,15H2,1-2H3,(H,24,25). The van der Waals surface area contributed by atoms with Crippen molar-refractivity contribution in [2.75, 3.05) is 35.8 Å². The van der Waals surface area contributed by atoms with E-state index in [1.54, 1.807) is 6.20 Å². The zero-order valence-corrected chi connectivity index (χ0v) is 16.2. The summed E-state index contributed by atoms with van der Waals surface area (Å²) in [6.07, 6.45) is 3.66. The third kappa shape index (κ3) is 3.69. The summed E-state index contributed by atoms with van der Waals surface area (Å²) in [7, 11) is 4.03. The van der Waals surface area contributed by atoms with Crippen LogP contribution in [0.25, 0.3) is 0 Å². The molecule has 5 heteroatoms. The van der Waals surface area contributed by atoms with Gasteiger partial charge in [-0.25, -0.2) is 0 Å². The first-order valence-electron chi connectivity index (χ1n) is 9.52. The lowest BCUT2D eigenvalue weighted by Crippen LogP contribution is -2.35. The van der Waals surface area contributed by atoms with Gasteiger partial charge in [0.25, 0.3) is 5.91 Å². The van der Waals surface area contributed by atoms with Crippen LogP contribution in [0.1, 0.15) is 22.5 Å². The minimum absolute atomic E-state index is 0.0567. The van der Waals surface area contributed by atoms with E-state index in [0.29, 0.717) is 5.69 Å². The molecular weight excluding hydrogens is 348 g/mol. The molecule has 28 heavy (non-hydrogen) atoms. The second kappa shape index (κ2) is 7.72. The number of fused-ring (bicyclic) bond motifs is 1. The third-order valence-corrected chi connectivity index (χ3v) is 5.01. The van der Waals surface area contributed by atoms with Crippen molar-refractivity contribution in [3.63, 3.8) is 0 Å². The Morgan fingerprint density at radius 2 is 1.82 bits per heavy atom. The van der Waals surface area contributed by atoms with E-state index in [1.165, 1.54) is 5.56 Å². The molecule has 0 unspecified atom stereocenters. The average Bonchev–Trinajstić information content (AvgIpc) is 2.73. The topological polar surface area (TPSA) is 48.5 Å². The maximum Gasteiger partial charge on any atom is 0.276 e. The van der Waals surface area contributed by atoms with Crippen LogP contribution < -0.4 is 15.1 Å². The van der Waals surface area contributed by atoms with Crippen molar-refractivity contribution in [3.8, 4) is 0 Å². The van der Waals surface area contributed by atoms with E-state index in [0.717, 1.165) is 42.1 Å². The van der Waals surface area contributed by atoms with E-state index in [9.17, 15) is 4.79 Å². The van der Waals surface area contributed by atoms with Gasteiger partial charge in [0.15, 0.2) is 0 Å². The number of para-hydroxylation sites is 1. The molecule has 5 nitrogen and oxygen atoms in total. The molecule has 0 fully saturated rings. The number of carbonyl (C=O) groups excluding carboxylic acids is 1.